The molecule has 2 rings (SSSR count). The lowest BCUT2D eigenvalue weighted by Crippen LogP contribution is -1.92. The van der Waals surface area contributed by atoms with E-state index in [1.165, 1.54) is 6.20 Å². The zero-order chi connectivity index (χ0) is 10.9. The summed E-state index contributed by atoms with van der Waals surface area (Å²) in [4.78, 5) is 26.9. The molecular formula is C11H10N2O2. The highest BCUT2D eigenvalue weighted by Gasteiger charge is 1.97. The number of pyridine rings is 1. The molecule has 0 atom stereocenters. The third-order valence-corrected chi connectivity index (χ3v) is 1.61. The van der Waals surface area contributed by atoms with Gasteiger partial charge < -0.3 is 4.98 Å². The first-order chi connectivity index (χ1) is 7.38. The van der Waals surface area contributed by atoms with Gasteiger partial charge in [0.2, 0.25) is 0 Å². The first kappa shape index (κ1) is 10.8. The Morgan fingerprint density at radius 3 is 2.20 bits per heavy atom. The number of aromatic nitrogens is 2. The van der Waals surface area contributed by atoms with E-state index >= 15 is 0 Å². The maximum Gasteiger partial charge on any atom is 0.169 e. The zero-order valence-corrected chi connectivity index (χ0v) is 7.96. The Labute approximate surface area is 87.0 Å². The number of H-pyrrole nitrogens is 1. The number of nitrogens with one attached hydrogen (secondary N) is 1. The number of aromatic amines is 1. The summed E-state index contributed by atoms with van der Waals surface area (Å²) in [6.07, 6.45) is 6.39. The summed E-state index contributed by atoms with van der Waals surface area (Å²) < 4.78 is 0. The SMILES string of the molecule is O=Cc1cccnc1C=O.c1cc[nH]c1. The summed E-state index contributed by atoms with van der Waals surface area (Å²) in [6.45, 7) is 0. The van der Waals surface area contributed by atoms with Crippen molar-refractivity contribution in [1.29, 1.82) is 0 Å². The molecule has 0 amide bonds. The number of hydrogen-bond acceptors (Lipinski definition) is 3. The standard InChI is InChI=1S/C7H5NO2.C4H5N/c9-4-6-2-1-3-8-7(6)5-10;1-2-4-5-3-1/h1-5H;1-5H. The van der Waals surface area contributed by atoms with E-state index in [-0.39, 0.29) is 5.69 Å². The van der Waals surface area contributed by atoms with Crippen LogP contribution in [0.2, 0.25) is 0 Å². The van der Waals surface area contributed by atoms with E-state index in [1.807, 2.05) is 24.5 Å². The van der Waals surface area contributed by atoms with Gasteiger partial charge in [0.1, 0.15) is 5.69 Å². The van der Waals surface area contributed by atoms with E-state index in [9.17, 15) is 9.59 Å². The number of rotatable bonds is 2. The number of aldehydes is 2. The molecule has 0 fully saturated rings. The average Bonchev–Trinajstić information content (AvgIpc) is 2.87. The van der Waals surface area contributed by atoms with Gasteiger partial charge in [-0.25, -0.2) is 0 Å². The predicted molar refractivity (Wildman–Crippen MR) is 55.8 cm³/mol. The van der Waals surface area contributed by atoms with E-state index in [2.05, 4.69) is 9.97 Å². The highest BCUT2D eigenvalue weighted by atomic mass is 16.1. The van der Waals surface area contributed by atoms with Crippen LogP contribution in [0.15, 0.2) is 42.9 Å². The zero-order valence-electron chi connectivity index (χ0n) is 7.96. The molecule has 0 bridgehead atoms. The van der Waals surface area contributed by atoms with Crippen molar-refractivity contribution in [2.45, 2.75) is 0 Å². The maximum absolute atomic E-state index is 10.2. The molecule has 2 aromatic rings. The van der Waals surface area contributed by atoms with Crippen LogP contribution < -0.4 is 0 Å². The molecule has 2 heterocycles. The van der Waals surface area contributed by atoms with Gasteiger partial charge in [-0.2, -0.15) is 0 Å². The largest absolute Gasteiger partial charge is 0.368 e. The van der Waals surface area contributed by atoms with Crippen LogP contribution >= 0.6 is 0 Å². The lowest BCUT2D eigenvalue weighted by atomic mass is 10.2. The summed E-state index contributed by atoms with van der Waals surface area (Å²) in [6, 6.07) is 7.04. The second kappa shape index (κ2) is 6.26. The maximum atomic E-state index is 10.2. The molecule has 76 valence electrons. The van der Waals surface area contributed by atoms with Crippen molar-refractivity contribution in [1.82, 2.24) is 9.97 Å². The Morgan fingerprint density at radius 2 is 1.80 bits per heavy atom. The summed E-state index contributed by atoms with van der Waals surface area (Å²) in [5.41, 5.74) is 0.523. The number of carbonyl (C=O) groups excluding carboxylic acids is 2. The smallest absolute Gasteiger partial charge is 0.169 e. The van der Waals surface area contributed by atoms with Gasteiger partial charge in [0, 0.05) is 24.2 Å². The number of nitrogens with zero attached hydrogens (tertiary/aromatic N) is 1. The molecule has 4 heteroatoms. The minimum Gasteiger partial charge on any atom is -0.368 e. The quantitative estimate of drug-likeness (QED) is 0.754. The van der Waals surface area contributed by atoms with Crippen LogP contribution in [0.1, 0.15) is 20.8 Å². The Bertz CT molecular complexity index is 366. The Kier molecular flexibility index (Phi) is 4.53. The topological polar surface area (TPSA) is 62.8 Å². The lowest BCUT2D eigenvalue weighted by molar-refractivity contribution is 0.109. The van der Waals surface area contributed by atoms with Crippen molar-refractivity contribution in [3.8, 4) is 0 Å². The molecule has 2 aromatic heterocycles. The van der Waals surface area contributed by atoms with Gasteiger partial charge in [-0.1, -0.05) is 0 Å². The average molecular weight is 202 g/mol. The molecule has 0 spiro atoms. The first-order valence-corrected chi connectivity index (χ1v) is 4.31. The molecule has 0 aliphatic rings. The number of carbonyl (C=O) groups is 2. The van der Waals surface area contributed by atoms with Crippen LogP contribution in [0.5, 0.6) is 0 Å². The fraction of sp³-hybridized carbons (Fsp3) is 0. The van der Waals surface area contributed by atoms with Gasteiger partial charge in [0.25, 0.3) is 0 Å². The molecule has 0 radical (unpaired) electrons. The molecule has 4 nitrogen and oxygen atoms in total. The summed E-state index contributed by atoms with van der Waals surface area (Å²) in [5, 5.41) is 0. The van der Waals surface area contributed by atoms with Gasteiger partial charge in [-0.3, -0.25) is 14.6 Å². The minimum absolute atomic E-state index is 0.192. The molecule has 0 aromatic carbocycles. The summed E-state index contributed by atoms with van der Waals surface area (Å²) in [7, 11) is 0. The monoisotopic (exact) mass is 202 g/mol. The van der Waals surface area contributed by atoms with Gasteiger partial charge >= 0.3 is 0 Å². The van der Waals surface area contributed by atoms with E-state index in [0.29, 0.717) is 18.1 Å². The first-order valence-electron chi connectivity index (χ1n) is 4.31. The van der Waals surface area contributed by atoms with E-state index in [0.717, 1.165) is 0 Å². The third-order valence-electron chi connectivity index (χ3n) is 1.61. The molecule has 0 unspecified atom stereocenters. The van der Waals surface area contributed by atoms with Crippen LogP contribution in [0.4, 0.5) is 0 Å². The van der Waals surface area contributed by atoms with Gasteiger partial charge in [-0.15, -0.1) is 0 Å². The van der Waals surface area contributed by atoms with E-state index in [1.54, 1.807) is 12.1 Å². The third kappa shape index (κ3) is 3.56. The van der Waals surface area contributed by atoms with Crippen molar-refractivity contribution >= 4 is 12.6 Å². The highest BCUT2D eigenvalue weighted by Crippen LogP contribution is 1.97. The van der Waals surface area contributed by atoms with Gasteiger partial charge in [0.15, 0.2) is 12.6 Å². The minimum atomic E-state index is 0.192. The van der Waals surface area contributed by atoms with Crippen molar-refractivity contribution < 1.29 is 9.59 Å². The fourth-order valence-corrected chi connectivity index (χ4v) is 0.906. The van der Waals surface area contributed by atoms with Crippen LogP contribution in [-0.2, 0) is 0 Å². The van der Waals surface area contributed by atoms with E-state index < -0.39 is 0 Å². The van der Waals surface area contributed by atoms with Gasteiger partial charge in [0.05, 0.1) is 0 Å². The summed E-state index contributed by atoms with van der Waals surface area (Å²) >= 11 is 0. The molecule has 0 saturated carbocycles. The molecule has 0 aliphatic carbocycles. The predicted octanol–water partition coefficient (Wildman–Crippen LogP) is 1.72. The van der Waals surface area contributed by atoms with E-state index in [4.69, 9.17) is 0 Å². The normalized spacial score (nSPS) is 8.53. The molecule has 15 heavy (non-hydrogen) atoms. The van der Waals surface area contributed by atoms with Crippen LogP contribution in [-0.4, -0.2) is 22.5 Å². The van der Waals surface area contributed by atoms with Crippen LogP contribution in [0.25, 0.3) is 0 Å². The Balaban J connectivity index is 0.000000187. The number of hydrogen-bond donors (Lipinski definition) is 1. The van der Waals surface area contributed by atoms with Gasteiger partial charge in [-0.05, 0) is 24.3 Å². The fourth-order valence-electron chi connectivity index (χ4n) is 0.906. The molecule has 1 N–H and O–H groups in total. The van der Waals surface area contributed by atoms with Crippen LogP contribution in [0, 0.1) is 0 Å². The molecular weight excluding hydrogens is 192 g/mol. The Hall–Kier alpha value is -2.23. The summed E-state index contributed by atoms with van der Waals surface area (Å²) in [5.74, 6) is 0. The van der Waals surface area contributed by atoms with Crippen molar-refractivity contribution in [3.05, 3.63) is 54.1 Å². The second-order valence-corrected chi connectivity index (χ2v) is 2.60. The van der Waals surface area contributed by atoms with Crippen LogP contribution in [0.3, 0.4) is 0 Å². The molecule has 0 saturated heterocycles. The highest BCUT2D eigenvalue weighted by molar-refractivity contribution is 5.88. The second-order valence-electron chi connectivity index (χ2n) is 2.60. The van der Waals surface area contributed by atoms with Crippen molar-refractivity contribution in [3.63, 3.8) is 0 Å². The van der Waals surface area contributed by atoms with Crippen molar-refractivity contribution in [2.24, 2.45) is 0 Å². The Morgan fingerprint density at radius 1 is 1.07 bits per heavy atom. The lowest BCUT2D eigenvalue weighted by Gasteiger charge is -1.90. The molecule has 0 aliphatic heterocycles. The van der Waals surface area contributed by atoms with Crippen molar-refractivity contribution in [2.75, 3.05) is 0 Å².